The molecule has 1 aromatic heterocycles. The van der Waals surface area contributed by atoms with Crippen LogP contribution in [0.5, 0.6) is 0 Å². The van der Waals surface area contributed by atoms with Gasteiger partial charge in [-0.15, -0.1) is 0 Å². The molecule has 0 radical (unpaired) electrons. The van der Waals surface area contributed by atoms with E-state index in [9.17, 15) is 9.59 Å². The fourth-order valence-corrected chi connectivity index (χ4v) is 3.11. The van der Waals surface area contributed by atoms with Crippen LogP contribution in [0.25, 0.3) is 0 Å². The highest BCUT2D eigenvalue weighted by atomic mass is 127. The zero-order chi connectivity index (χ0) is 16.2. The standard InChI is InChI=1S/C12H17I2N3O4/c1-12(2,3)21-11(19)16-7(9(18)20-4)5-6-8(13)17-10(14)15-6/h7H,5H2,1-4H3,(H,15,17)(H,16,19)/t7-/m0/s1. The number of aromatic amines is 1. The molecular formula is C12H17I2N3O4. The number of alkyl carbamates (subject to hydrolysis) is 1. The fraction of sp³-hybridized carbons (Fsp3) is 0.583. The number of ether oxygens (including phenoxy) is 2. The summed E-state index contributed by atoms with van der Waals surface area (Å²) in [5.41, 5.74) is 0.120. The van der Waals surface area contributed by atoms with Gasteiger partial charge in [-0.1, -0.05) is 0 Å². The lowest BCUT2D eigenvalue weighted by molar-refractivity contribution is -0.143. The Labute approximate surface area is 150 Å². The van der Waals surface area contributed by atoms with Crippen molar-refractivity contribution in [2.75, 3.05) is 7.11 Å². The molecule has 0 saturated carbocycles. The number of H-pyrrole nitrogens is 1. The third-order valence-corrected chi connectivity index (χ3v) is 3.69. The number of carbonyl (C=O) groups is 2. The van der Waals surface area contributed by atoms with Gasteiger partial charge in [0.05, 0.1) is 12.8 Å². The monoisotopic (exact) mass is 521 g/mol. The number of imidazole rings is 1. The SMILES string of the molecule is COC(=O)[C@H](Cc1[nH]c(I)nc1I)NC(=O)OC(C)(C)C. The van der Waals surface area contributed by atoms with E-state index in [1.54, 1.807) is 20.8 Å². The molecule has 1 heterocycles. The normalized spacial score (nSPS) is 12.7. The summed E-state index contributed by atoms with van der Waals surface area (Å²) in [6.45, 7) is 5.25. The number of nitrogens with one attached hydrogen (secondary N) is 2. The lowest BCUT2D eigenvalue weighted by Crippen LogP contribution is -2.45. The van der Waals surface area contributed by atoms with Crippen LogP contribution < -0.4 is 5.32 Å². The molecule has 1 aromatic rings. The van der Waals surface area contributed by atoms with Crippen LogP contribution >= 0.6 is 45.2 Å². The molecule has 0 aliphatic rings. The molecule has 0 fully saturated rings. The van der Waals surface area contributed by atoms with Crippen molar-refractivity contribution in [1.82, 2.24) is 15.3 Å². The molecule has 0 aliphatic carbocycles. The molecule has 0 aromatic carbocycles. The van der Waals surface area contributed by atoms with E-state index in [0.717, 1.165) is 9.39 Å². The van der Waals surface area contributed by atoms with E-state index in [1.807, 2.05) is 22.6 Å². The van der Waals surface area contributed by atoms with Crippen LogP contribution in [0.4, 0.5) is 4.79 Å². The number of hydrogen-bond acceptors (Lipinski definition) is 5. The van der Waals surface area contributed by atoms with E-state index in [0.29, 0.717) is 3.83 Å². The molecule has 1 atom stereocenters. The first kappa shape index (κ1) is 18.5. The molecule has 2 N–H and O–H groups in total. The predicted molar refractivity (Wildman–Crippen MR) is 92.9 cm³/mol. The van der Waals surface area contributed by atoms with Crippen molar-refractivity contribution in [2.45, 2.75) is 38.8 Å². The van der Waals surface area contributed by atoms with Crippen LogP contribution in [0.3, 0.4) is 0 Å². The number of hydrogen-bond donors (Lipinski definition) is 2. The second-order valence-electron chi connectivity index (χ2n) is 5.22. The Morgan fingerprint density at radius 1 is 1.38 bits per heavy atom. The van der Waals surface area contributed by atoms with Gasteiger partial charge in [-0.2, -0.15) is 0 Å². The molecule has 0 spiro atoms. The quantitative estimate of drug-likeness (QED) is 0.469. The van der Waals surface area contributed by atoms with E-state index in [4.69, 9.17) is 9.47 Å². The maximum atomic E-state index is 11.8. The number of halogens is 2. The Morgan fingerprint density at radius 2 is 2.00 bits per heavy atom. The molecule has 0 aliphatic heterocycles. The van der Waals surface area contributed by atoms with Crippen molar-refractivity contribution in [3.63, 3.8) is 0 Å². The summed E-state index contributed by atoms with van der Waals surface area (Å²) >= 11 is 4.11. The molecule has 1 amide bonds. The first-order valence-corrected chi connectivity index (χ1v) is 8.25. The average Bonchev–Trinajstić information content (AvgIpc) is 2.63. The summed E-state index contributed by atoms with van der Waals surface area (Å²) in [6.07, 6.45) is -0.415. The minimum atomic E-state index is -0.838. The molecule has 21 heavy (non-hydrogen) atoms. The summed E-state index contributed by atoms with van der Waals surface area (Å²) in [7, 11) is 1.27. The molecule has 9 heteroatoms. The molecule has 7 nitrogen and oxygen atoms in total. The lowest BCUT2D eigenvalue weighted by atomic mass is 10.1. The van der Waals surface area contributed by atoms with Crippen LogP contribution in [0.1, 0.15) is 26.5 Å². The second kappa shape index (κ2) is 7.61. The first-order valence-electron chi connectivity index (χ1n) is 6.09. The van der Waals surface area contributed by atoms with Crippen LogP contribution in [-0.4, -0.2) is 40.8 Å². The summed E-state index contributed by atoms with van der Waals surface area (Å²) in [5.74, 6) is -0.540. The van der Waals surface area contributed by atoms with Gasteiger partial charge in [0, 0.05) is 6.42 Å². The molecule has 1 rings (SSSR count). The summed E-state index contributed by atoms with van der Waals surface area (Å²) in [5, 5.41) is 2.52. The maximum Gasteiger partial charge on any atom is 0.408 e. The third-order valence-electron chi connectivity index (χ3n) is 2.28. The first-order chi connectivity index (χ1) is 9.62. The number of nitrogens with zero attached hydrogens (tertiary/aromatic N) is 1. The molecule has 118 valence electrons. The van der Waals surface area contributed by atoms with Crippen molar-refractivity contribution >= 4 is 57.2 Å². The number of carbonyl (C=O) groups excluding carboxylic acids is 2. The van der Waals surface area contributed by atoms with Crippen LogP contribution in [0.15, 0.2) is 0 Å². The van der Waals surface area contributed by atoms with E-state index in [-0.39, 0.29) is 6.42 Å². The number of amides is 1. The van der Waals surface area contributed by atoms with Gasteiger partial charge in [0.2, 0.25) is 0 Å². The van der Waals surface area contributed by atoms with E-state index in [2.05, 4.69) is 37.9 Å². The molecule has 0 saturated heterocycles. The van der Waals surface area contributed by atoms with Crippen molar-refractivity contribution < 1.29 is 19.1 Å². The Balaban J connectivity index is 2.79. The Bertz CT molecular complexity index is 525. The number of rotatable bonds is 4. The van der Waals surface area contributed by atoms with Gasteiger partial charge in [-0.05, 0) is 66.0 Å². The highest BCUT2D eigenvalue weighted by Gasteiger charge is 2.26. The Morgan fingerprint density at radius 3 is 2.43 bits per heavy atom. The summed E-state index contributed by atoms with van der Waals surface area (Å²) in [6, 6.07) is -0.838. The fourth-order valence-electron chi connectivity index (χ4n) is 1.48. The highest BCUT2D eigenvalue weighted by molar-refractivity contribution is 14.1. The Kier molecular flexibility index (Phi) is 6.69. The zero-order valence-electron chi connectivity index (χ0n) is 12.1. The van der Waals surface area contributed by atoms with Crippen molar-refractivity contribution in [3.05, 3.63) is 13.2 Å². The summed E-state index contributed by atoms with van der Waals surface area (Å²) < 4.78 is 11.3. The molecular weight excluding hydrogens is 504 g/mol. The minimum Gasteiger partial charge on any atom is -0.467 e. The largest absolute Gasteiger partial charge is 0.467 e. The van der Waals surface area contributed by atoms with Crippen molar-refractivity contribution in [2.24, 2.45) is 0 Å². The predicted octanol–water partition coefficient (Wildman–Crippen LogP) is 2.23. The molecule has 0 unspecified atom stereocenters. The second-order valence-corrected chi connectivity index (χ2v) is 7.27. The smallest absolute Gasteiger partial charge is 0.408 e. The van der Waals surface area contributed by atoms with E-state index < -0.39 is 23.7 Å². The summed E-state index contributed by atoms with van der Waals surface area (Å²) in [4.78, 5) is 30.9. The van der Waals surface area contributed by atoms with Gasteiger partial charge in [-0.3, -0.25) is 0 Å². The molecule has 0 bridgehead atoms. The van der Waals surface area contributed by atoms with Gasteiger partial charge in [-0.25, -0.2) is 14.6 Å². The lowest BCUT2D eigenvalue weighted by Gasteiger charge is -2.22. The van der Waals surface area contributed by atoms with Crippen LogP contribution in [0, 0.1) is 7.53 Å². The van der Waals surface area contributed by atoms with Gasteiger partial charge >= 0.3 is 12.1 Å². The van der Waals surface area contributed by atoms with Gasteiger partial charge in [0.25, 0.3) is 0 Å². The van der Waals surface area contributed by atoms with Crippen molar-refractivity contribution in [1.29, 1.82) is 0 Å². The van der Waals surface area contributed by atoms with Crippen molar-refractivity contribution in [3.8, 4) is 0 Å². The zero-order valence-corrected chi connectivity index (χ0v) is 16.4. The van der Waals surface area contributed by atoms with E-state index >= 15 is 0 Å². The third kappa shape index (κ3) is 6.36. The Hall–Kier alpha value is -0.590. The average molecular weight is 521 g/mol. The number of esters is 1. The van der Waals surface area contributed by atoms with Crippen LogP contribution in [0.2, 0.25) is 0 Å². The topological polar surface area (TPSA) is 93.3 Å². The van der Waals surface area contributed by atoms with Gasteiger partial charge < -0.3 is 19.8 Å². The minimum absolute atomic E-state index is 0.250. The number of aromatic nitrogens is 2. The number of methoxy groups -OCH3 is 1. The van der Waals surface area contributed by atoms with E-state index in [1.165, 1.54) is 7.11 Å². The van der Waals surface area contributed by atoms with Gasteiger partial charge in [0.15, 0.2) is 3.83 Å². The maximum absolute atomic E-state index is 11.8. The van der Waals surface area contributed by atoms with Gasteiger partial charge in [0.1, 0.15) is 15.3 Å². The van der Waals surface area contributed by atoms with Crippen LogP contribution in [-0.2, 0) is 20.7 Å². The highest BCUT2D eigenvalue weighted by Crippen LogP contribution is 2.14.